The average Bonchev–Trinajstić information content (AvgIpc) is 2.95. The smallest absolute Gasteiger partial charge is 0.303 e. The maximum absolute atomic E-state index is 10.5. The van der Waals surface area contributed by atoms with Gasteiger partial charge in [0.05, 0.1) is 4.88 Å². The van der Waals surface area contributed by atoms with E-state index in [1.165, 1.54) is 5.56 Å². The number of aliphatic carboxylic acids is 1. The van der Waals surface area contributed by atoms with E-state index >= 15 is 0 Å². The van der Waals surface area contributed by atoms with Gasteiger partial charge in [0, 0.05) is 13.0 Å². The van der Waals surface area contributed by atoms with Crippen molar-refractivity contribution in [1.82, 2.24) is 20.2 Å². The van der Waals surface area contributed by atoms with E-state index in [1.54, 1.807) is 16.0 Å². The van der Waals surface area contributed by atoms with E-state index in [0.717, 1.165) is 17.1 Å². The molecule has 2 rings (SSSR count). The third kappa shape index (κ3) is 2.73. The second kappa shape index (κ2) is 5.72. The summed E-state index contributed by atoms with van der Waals surface area (Å²) in [5.74, 6) is -0.0674. The van der Waals surface area contributed by atoms with Crippen LogP contribution in [0.25, 0.3) is 10.7 Å². The van der Waals surface area contributed by atoms with Gasteiger partial charge in [0.2, 0.25) is 0 Å². The van der Waals surface area contributed by atoms with Crippen molar-refractivity contribution in [1.29, 1.82) is 0 Å². The van der Waals surface area contributed by atoms with Crippen LogP contribution in [0.2, 0.25) is 0 Å². The summed E-state index contributed by atoms with van der Waals surface area (Å²) in [6.45, 7) is 2.61. The van der Waals surface area contributed by atoms with Crippen molar-refractivity contribution in [3.8, 4) is 10.7 Å². The minimum absolute atomic E-state index is 0.129. The van der Waals surface area contributed by atoms with E-state index in [2.05, 4.69) is 28.5 Å². The Kier molecular flexibility index (Phi) is 4.03. The second-order valence-corrected chi connectivity index (χ2v) is 4.77. The molecule has 0 bridgehead atoms. The first-order valence-corrected chi connectivity index (χ1v) is 6.65. The van der Waals surface area contributed by atoms with Gasteiger partial charge in [0.15, 0.2) is 5.82 Å². The predicted molar refractivity (Wildman–Crippen MR) is 67.4 cm³/mol. The summed E-state index contributed by atoms with van der Waals surface area (Å²) in [4.78, 5) is 11.6. The minimum atomic E-state index is -0.796. The summed E-state index contributed by atoms with van der Waals surface area (Å²) in [7, 11) is 0. The fraction of sp³-hybridized carbons (Fsp3) is 0.455. The molecule has 0 spiro atoms. The summed E-state index contributed by atoms with van der Waals surface area (Å²) in [5.41, 5.74) is 1.22. The first-order valence-electron chi connectivity index (χ1n) is 5.77. The molecule has 1 N–H and O–H groups in total. The van der Waals surface area contributed by atoms with Gasteiger partial charge in [0.25, 0.3) is 0 Å². The molecule has 2 aromatic rings. The third-order valence-electron chi connectivity index (χ3n) is 2.62. The molecule has 0 unspecified atom stereocenters. The first kappa shape index (κ1) is 12.7. The Morgan fingerprint density at radius 2 is 2.39 bits per heavy atom. The van der Waals surface area contributed by atoms with E-state index in [1.807, 2.05) is 5.38 Å². The summed E-state index contributed by atoms with van der Waals surface area (Å²) in [6, 6.07) is 2.07. The molecule has 0 aromatic carbocycles. The molecule has 0 amide bonds. The lowest BCUT2D eigenvalue weighted by atomic mass is 10.2. The lowest BCUT2D eigenvalue weighted by Crippen LogP contribution is -2.05. The van der Waals surface area contributed by atoms with Gasteiger partial charge in [-0.25, -0.2) is 4.68 Å². The summed E-state index contributed by atoms with van der Waals surface area (Å²) in [6.07, 6.45) is 1.59. The lowest BCUT2D eigenvalue weighted by Gasteiger charge is -2.03. The maximum atomic E-state index is 10.5. The molecular weight excluding hydrogens is 252 g/mol. The quantitative estimate of drug-likeness (QED) is 0.862. The Bertz CT molecular complexity index is 535. The van der Waals surface area contributed by atoms with E-state index in [9.17, 15) is 4.79 Å². The fourth-order valence-electron chi connectivity index (χ4n) is 1.71. The molecule has 0 aliphatic carbocycles. The van der Waals surface area contributed by atoms with Gasteiger partial charge in [-0.2, -0.15) is 0 Å². The van der Waals surface area contributed by atoms with Crippen molar-refractivity contribution >= 4 is 17.3 Å². The number of nitrogens with zero attached hydrogens (tertiary/aromatic N) is 4. The van der Waals surface area contributed by atoms with Gasteiger partial charge < -0.3 is 5.11 Å². The number of hydrogen-bond donors (Lipinski definition) is 1. The standard InChI is InChI=1S/C11H14N4O2S/c1-2-8-5-7-18-10(8)11-12-13-14-15(11)6-3-4-9(16)17/h5,7H,2-4,6H2,1H3,(H,16,17). The molecule has 7 heteroatoms. The van der Waals surface area contributed by atoms with Gasteiger partial charge >= 0.3 is 5.97 Å². The van der Waals surface area contributed by atoms with Crippen molar-refractivity contribution in [2.24, 2.45) is 0 Å². The second-order valence-electron chi connectivity index (χ2n) is 3.85. The Morgan fingerprint density at radius 1 is 1.56 bits per heavy atom. The number of carboxylic acid groups (broad SMARTS) is 1. The third-order valence-corrected chi connectivity index (χ3v) is 3.58. The van der Waals surface area contributed by atoms with Crippen LogP contribution >= 0.6 is 11.3 Å². The number of tetrazole rings is 1. The monoisotopic (exact) mass is 266 g/mol. The summed E-state index contributed by atoms with van der Waals surface area (Å²) in [5, 5.41) is 22.3. The molecule has 0 saturated heterocycles. The number of rotatable bonds is 6. The molecule has 2 heterocycles. The first-order chi connectivity index (χ1) is 8.72. The Labute approximate surface area is 108 Å². The Morgan fingerprint density at radius 3 is 3.11 bits per heavy atom. The topological polar surface area (TPSA) is 80.9 Å². The molecule has 0 aliphatic heterocycles. The number of hydrogen-bond acceptors (Lipinski definition) is 5. The predicted octanol–water partition coefficient (Wildman–Crippen LogP) is 1.83. The van der Waals surface area contributed by atoms with Crippen molar-refractivity contribution in [3.63, 3.8) is 0 Å². The van der Waals surface area contributed by atoms with E-state index in [4.69, 9.17) is 5.11 Å². The average molecular weight is 266 g/mol. The summed E-state index contributed by atoms with van der Waals surface area (Å²) < 4.78 is 1.67. The van der Waals surface area contributed by atoms with Crippen LogP contribution in [0.5, 0.6) is 0 Å². The highest BCUT2D eigenvalue weighted by molar-refractivity contribution is 7.13. The van der Waals surface area contributed by atoms with Crippen LogP contribution in [0.4, 0.5) is 0 Å². The minimum Gasteiger partial charge on any atom is -0.481 e. The van der Waals surface area contributed by atoms with Crippen LogP contribution in [0.3, 0.4) is 0 Å². The van der Waals surface area contributed by atoms with Crippen LogP contribution in [-0.4, -0.2) is 31.3 Å². The zero-order chi connectivity index (χ0) is 13.0. The van der Waals surface area contributed by atoms with E-state index in [-0.39, 0.29) is 6.42 Å². The molecule has 0 fully saturated rings. The molecule has 0 saturated carbocycles. The van der Waals surface area contributed by atoms with Crippen molar-refractivity contribution in [3.05, 3.63) is 17.0 Å². The van der Waals surface area contributed by atoms with Crippen LogP contribution in [0, 0.1) is 0 Å². The molecule has 0 radical (unpaired) electrons. The highest BCUT2D eigenvalue weighted by Crippen LogP contribution is 2.27. The number of carboxylic acids is 1. The van der Waals surface area contributed by atoms with Crippen LogP contribution in [0.1, 0.15) is 25.3 Å². The van der Waals surface area contributed by atoms with Gasteiger partial charge in [0.1, 0.15) is 0 Å². The highest BCUT2D eigenvalue weighted by atomic mass is 32.1. The normalized spacial score (nSPS) is 10.7. The molecule has 0 aliphatic rings. The van der Waals surface area contributed by atoms with Crippen LogP contribution in [0.15, 0.2) is 11.4 Å². The van der Waals surface area contributed by atoms with E-state index in [0.29, 0.717) is 13.0 Å². The zero-order valence-electron chi connectivity index (χ0n) is 10.0. The van der Waals surface area contributed by atoms with Gasteiger partial charge in [-0.3, -0.25) is 4.79 Å². The summed E-state index contributed by atoms with van der Waals surface area (Å²) >= 11 is 1.61. The van der Waals surface area contributed by atoms with Crippen molar-refractivity contribution in [2.75, 3.05) is 0 Å². The van der Waals surface area contributed by atoms with E-state index < -0.39 is 5.97 Å². The highest BCUT2D eigenvalue weighted by Gasteiger charge is 2.13. The molecule has 6 nitrogen and oxygen atoms in total. The SMILES string of the molecule is CCc1ccsc1-c1nnnn1CCCC(=O)O. The molecule has 0 atom stereocenters. The van der Waals surface area contributed by atoms with Gasteiger partial charge in [-0.05, 0) is 40.3 Å². The lowest BCUT2D eigenvalue weighted by molar-refractivity contribution is -0.137. The molecule has 2 aromatic heterocycles. The Hall–Kier alpha value is -1.76. The maximum Gasteiger partial charge on any atom is 0.303 e. The van der Waals surface area contributed by atoms with Crippen LogP contribution in [-0.2, 0) is 17.8 Å². The fourth-order valence-corrected chi connectivity index (χ4v) is 2.69. The Balaban J connectivity index is 2.15. The zero-order valence-corrected chi connectivity index (χ0v) is 10.9. The van der Waals surface area contributed by atoms with Gasteiger partial charge in [-0.1, -0.05) is 6.92 Å². The molecular formula is C11H14N4O2S. The number of thiophene rings is 1. The van der Waals surface area contributed by atoms with Gasteiger partial charge in [-0.15, -0.1) is 16.4 Å². The number of aryl methyl sites for hydroxylation is 2. The number of carbonyl (C=O) groups is 1. The van der Waals surface area contributed by atoms with Crippen molar-refractivity contribution in [2.45, 2.75) is 32.7 Å². The largest absolute Gasteiger partial charge is 0.481 e. The van der Waals surface area contributed by atoms with Crippen molar-refractivity contribution < 1.29 is 9.90 Å². The molecule has 18 heavy (non-hydrogen) atoms. The number of aromatic nitrogens is 4. The van der Waals surface area contributed by atoms with Crippen LogP contribution < -0.4 is 0 Å². The molecule has 96 valence electrons.